The summed E-state index contributed by atoms with van der Waals surface area (Å²) in [6.45, 7) is 4.18. The van der Waals surface area contributed by atoms with Crippen LogP contribution in [0.2, 0.25) is 0 Å². The van der Waals surface area contributed by atoms with Crippen molar-refractivity contribution in [3.05, 3.63) is 24.3 Å². The minimum atomic E-state index is 0.101. The molecule has 1 aromatic rings. The lowest BCUT2D eigenvalue weighted by molar-refractivity contribution is -0.119. The molecule has 100 valence electrons. The predicted octanol–water partition coefficient (Wildman–Crippen LogP) is 3.09. The number of rotatable bonds is 7. The molecule has 1 aromatic carbocycles. The van der Waals surface area contributed by atoms with Crippen LogP contribution in [-0.2, 0) is 4.79 Å². The first-order valence-electron chi connectivity index (χ1n) is 6.25. The molecule has 0 radical (unpaired) electrons. The Morgan fingerprint density at radius 3 is 2.39 bits per heavy atom. The Morgan fingerprint density at radius 1 is 1.28 bits per heavy atom. The van der Waals surface area contributed by atoms with Gasteiger partial charge in [0.1, 0.15) is 5.75 Å². The fraction of sp³-hybridized carbons (Fsp3) is 0.500. The van der Waals surface area contributed by atoms with Crippen LogP contribution in [0.15, 0.2) is 29.2 Å². The average molecular weight is 267 g/mol. The number of ether oxygens (including phenoxy) is 1. The largest absolute Gasteiger partial charge is 0.497 e. The Bertz CT molecular complexity index is 361. The lowest BCUT2D eigenvalue weighted by atomic mass is 10.2. The maximum absolute atomic E-state index is 11.7. The summed E-state index contributed by atoms with van der Waals surface area (Å²) in [4.78, 5) is 12.8. The van der Waals surface area contributed by atoms with Crippen LogP contribution in [-0.4, -0.2) is 24.8 Å². The number of methoxy groups -OCH3 is 1. The van der Waals surface area contributed by atoms with Gasteiger partial charge in [-0.1, -0.05) is 13.8 Å². The normalized spacial score (nSPS) is 10.4. The van der Waals surface area contributed by atoms with Crippen LogP contribution in [0.5, 0.6) is 5.75 Å². The third kappa shape index (κ3) is 5.00. The number of carbonyl (C=O) groups is 1. The Balaban J connectivity index is 2.37. The number of hydrogen-bond donors (Lipinski definition) is 1. The maximum atomic E-state index is 11.7. The van der Waals surface area contributed by atoms with Crippen molar-refractivity contribution in [1.29, 1.82) is 0 Å². The van der Waals surface area contributed by atoms with E-state index < -0.39 is 0 Å². The van der Waals surface area contributed by atoms with Gasteiger partial charge in [-0.3, -0.25) is 4.79 Å². The van der Waals surface area contributed by atoms with Crippen molar-refractivity contribution in [2.75, 3.05) is 12.9 Å². The molecule has 0 aliphatic carbocycles. The monoisotopic (exact) mass is 267 g/mol. The molecule has 1 rings (SSSR count). The first kappa shape index (κ1) is 14.9. The van der Waals surface area contributed by atoms with Crippen LogP contribution in [0.4, 0.5) is 0 Å². The van der Waals surface area contributed by atoms with Crippen LogP contribution in [0, 0.1) is 0 Å². The lowest BCUT2D eigenvalue weighted by Gasteiger charge is -2.14. The van der Waals surface area contributed by atoms with Gasteiger partial charge in [0.25, 0.3) is 0 Å². The van der Waals surface area contributed by atoms with Crippen molar-refractivity contribution in [2.45, 2.75) is 37.6 Å². The molecule has 0 spiro atoms. The number of benzene rings is 1. The van der Waals surface area contributed by atoms with E-state index in [4.69, 9.17) is 4.74 Å². The van der Waals surface area contributed by atoms with E-state index in [1.165, 1.54) is 0 Å². The third-order valence-corrected chi connectivity index (χ3v) is 3.79. The van der Waals surface area contributed by atoms with E-state index in [-0.39, 0.29) is 5.91 Å². The summed E-state index contributed by atoms with van der Waals surface area (Å²) in [6, 6.07) is 8.04. The lowest BCUT2D eigenvalue weighted by Crippen LogP contribution is -2.34. The molecule has 0 aliphatic rings. The van der Waals surface area contributed by atoms with Gasteiger partial charge in [0.2, 0.25) is 5.91 Å². The summed E-state index contributed by atoms with van der Waals surface area (Å²) in [5.41, 5.74) is 0. The first-order valence-corrected chi connectivity index (χ1v) is 7.24. The molecule has 0 fully saturated rings. The van der Waals surface area contributed by atoms with E-state index in [9.17, 15) is 4.79 Å². The quantitative estimate of drug-likeness (QED) is 0.772. The maximum Gasteiger partial charge on any atom is 0.230 e. The molecule has 4 heteroatoms. The minimum Gasteiger partial charge on any atom is -0.497 e. The molecule has 0 aliphatic heterocycles. The highest BCUT2D eigenvalue weighted by Crippen LogP contribution is 2.20. The molecule has 0 atom stereocenters. The molecule has 0 aromatic heterocycles. The smallest absolute Gasteiger partial charge is 0.230 e. The van der Waals surface area contributed by atoms with Crippen molar-refractivity contribution in [3.8, 4) is 5.75 Å². The number of hydrogen-bond acceptors (Lipinski definition) is 3. The van der Waals surface area contributed by atoms with E-state index in [1.807, 2.05) is 24.3 Å². The van der Waals surface area contributed by atoms with Crippen LogP contribution in [0.1, 0.15) is 26.7 Å². The number of amides is 1. The fourth-order valence-electron chi connectivity index (χ4n) is 1.58. The fourth-order valence-corrected chi connectivity index (χ4v) is 2.29. The van der Waals surface area contributed by atoms with E-state index in [0.29, 0.717) is 11.8 Å². The zero-order valence-electron chi connectivity index (χ0n) is 11.2. The van der Waals surface area contributed by atoms with Crippen molar-refractivity contribution >= 4 is 17.7 Å². The average Bonchev–Trinajstić information content (AvgIpc) is 2.43. The van der Waals surface area contributed by atoms with E-state index in [1.54, 1.807) is 18.9 Å². The summed E-state index contributed by atoms with van der Waals surface area (Å²) < 4.78 is 5.09. The third-order valence-electron chi connectivity index (χ3n) is 2.78. The molecular weight excluding hydrogens is 246 g/mol. The summed E-state index contributed by atoms with van der Waals surface area (Å²) in [7, 11) is 1.64. The SMILES string of the molecule is CCC(CC)NC(=O)CSc1ccc(OC)cc1. The van der Waals surface area contributed by atoms with Gasteiger partial charge >= 0.3 is 0 Å². The molecule has 0 saturated heterocycles. The number of carbonyl (C=O) groups excluding carboxylic acids is 1. The van der Waals surface area contributed by atoms with Crippen LogP contribution < -0.4 is 10.1 Å². The molecule has 3 nitrogen and oxygen atoms in total. The topological polar surface area (TPSA) is 38.3 Å². The zero-order valence-corrected chi connectivity index (χ0v) is 12.0. The number of nitrogens with one attached hydrogen (secondary N) is 1. The Kier molecular flexibility index (Phi) is 6.65. The molecular formula is C14H21NO2S. The second-order valence-electron chi connectivity index (χ2n) is 4.05. The van der Waals surface area contributed by atoms with E-state index >= 15 is 0 Å². The molecule has 0 bridgehead atoms. The van der Waals surface area contributed by atoms with Crippen molar-refractivity contribution < 1.29 is 9.53 Å². The molecule has 0 heterocycles. The highest BCUT2D eigenvalue weighted by molar-refractivity contribution is 8.00. The summed E-state index contributed by atoms with van der Waals surface area (Å²) in [5.74, 6) is 1.40. The second kappa shape index (κ2) is 8.03. The van der Waals surface area contributed by atoms with Gasteiger partial charge in [-0.05, 0) is 37.1 Å². The van der Waals surface area contributed by atoms with Crippen LogP contribution in [0.3, 0.4) is 0 Å². The van der Waals surface area contributed by atoms with Crippen molar-refractivity contribution in [1.82, 2.24) is 5.32 Å². The van der Waals surface area contributed by atoms with Gasteiger partial charge in [0.15, 0.2) is 0 Å². The van der Waals surface area contributed by atoms with Gasteiger partial charge in [0, 0.05) is 10.9 Å². The van der Waals surface area contributed by atoms with Gasteiger partial charge in [-0.15, -0.1) is 11.8 Å². The summed E-state index contributed by atoms with van der Waals surface area (Å²) in [6.07, 6.45) is 1.96. The Morgan fingerprint density at radius 2 is 1.89 bits per heavy atom. The molecule has 18 heavy (non-hydrogen) atoms. The van der Waals surface area contributed by atoms with Gasteiger partial charge in [-0.25, -0.2) is 0 Å². The molecule has 0 unspecified atom stereocenters. The van der Waals surface area contributed by atoms with Crippen molar-refractivity contribution in [2.24, 2.45) is 0 Å². The first-order chi connectivity index (χ1) is 8.69. The highest BCUT2D eigenvalue weighted by atomic mass is 32.2. The number of thioether (sulfide) groups is 1. The Hall–Kier alpha value is -1.16. The van der Waals surface area contributed by atoms with Crippen LogP contribution in [0.25, 0.3) is 0 Å². The van der Waals surface area contributed by atoms with Gasteiger partial charge in [-0.2, -0.15) is 0 Å². The second-order valence-corrected chi connectivity index (χ2v) is 5.09. The van der Waals surface area contributed by atoms with E-state index in [2.05, 4.69) is 19.2 Å². The van der Waals surface area contributed by atoms with Gasteiger partial charge in [0.05, 0.1) is 12.9 Å². The zero-order chi connectivity index (χ0) is 13.4. The van der Waals surface area contributed by atoms with Crippen LogP contribution >= 0.6 is 11.8 Å². The molecule has 1 amide bonds. The minimum absolute atomic E-state index is 0.101. The standard InChI is InChI=1S/C14H21NO2S/c1-4-11(5-2)15-14(16)10-18-13-8-6-12(17-3)7-9-13/h6-9,11H,4-5,10H2,1-3H3,(H,15,16). The molecule has 0 saturated carbocycles. The molecule has 1 N–H and O–H groups in total. The summed E-state index contributed by atoms with van der Waals surface area (Å²) >= 11 is 1.54. The highest BCUT2D eigenvalue weighted by Gasteiger charge is 2.08. The van der Waals surface area contributed by atoms with Gasteiger partial charge < -0.3 is 10.1 Å². The van der Waals surface area contributed by atoms with E-state index in [0.717, 1.165) is 23.5 Å². The predicted molar refractivity (Wildman–Crippen MR) is 76.2 cm³/mol. The Labute approximate surface area is 113 Å². The summed E-state index contributed by atoms with van der Waals surface area (Å²) in [5, 5.41) is 3.02. The van der Waals surface area contributed by atoms with Crippen molar-refractivity contribution in [3.63, 3.8) is 0 Å².